The molecule has 0 aliphatic rings. The highest BCUT2D eigenvalue weighted by Crippen LogP contribution is 2.05. The quantitative estimate of drug-likeness (QED) is 0.365. The lowest BCUT2D eigenvalue weighted by Crippen LogP contribution is -2.43. The second-order valence-corrected chi connectivity index (χ2v) is 6.01. The number of nitrogens with one attached hydrogen (secondary N) is 3. The van der Waals surface area contributed by atoms with Crippen LogP contribution in [0.3, 0.4) is 0 Å². The highest BCUT2D eigenvalue weighted by Gasteiger charge is 2.15. The third-order valence-electron chi connectivity index (χ3n) is 2.38. The van der Waals surface area contributed by atoms with Crippen LogP contribution in [0.2, 0.25) is 0 Å². The summed E-state index contributed by atoms with van der Waals surface area (Å²) in [4.78, 5) is 17.7. The lowest BCUT2D eigenvalue weighted by atomic mass is 10.2. The molecule has 0 aromatic carbocycles. The summed E-state index contributed by atoms with van der Waals surface area (Å²) in [6.07, 6.45) is 0.641. The molecule has 0 spiro atoms. The largest absolute Gasteiger partial charge is 0.444 e. The van der Waals surface area contributed by atoms with Gasteiger partial charge in [0.15, 0.2) is 5.96 Å². The number of carbonyl (C=O) groups excluding carboxylic acids is 1. The third-order valence-corrected chi connectivity index (χ3v) is 2.38. The van der Waals surface area contributed by atoms with Crippen molar-refractivity contribution in [1.29, 1.82) is 0 Å². The fourth-order valence-electron chi connectivity index (χ4n) is 1.48. The molecule has 0 radical (unpaired) electrons. The molecule has 0 aliphatic heterocycles. The number of ether oxygens (including phenoxy) is 1. The van der Waals surface area contributed by atoms with Crippen molar-refractivity contribution < 1.29 is 9.53 Å². The number of nitrogens with zero attached hydrogens (tertiary/aromatic N) is 2. The Morgan fingerprint density at radius 3 is 2.19 bits per heavy atom. The standard InChI is InChI=1S/C14H31N5O2/c1-14(2,3)21-13(20)18-10-9-17-12(15-4)16-8-7-11-19(5)6/h7-11H2,1-6H3,(H,18,20)(H2,15,16,17). The summed E-state index contributed by atoms with van der Waals surface area (Å²) in [5.41, 5.74) is -0.471. The van der Waals surface area contributed by atoms with Crippen LogP contribution in [0.1, 0.15) is 27.2 Å². The van der Waals surface area contributed by atoms with Crippen molar-refractivity contribution in [2.24, 2.45) is 4.99 Å². The van der Waals surface area contributed by atoms with Crippen LogP contribution in [0.25, 0.3) is 0 Å². The molecule has 21 heavy (non-hydrogen) atoms. The van der Waals surface area contributed by atoms with Gasteiger partial charge in [0.25, 0.3) is 0 Å². The Bertz CT molecular complexity index is 324. The van der Waals surface area contributed by atoms with E-state index in [0.717, 1.165) is 25.5 Å². The molecule has 0 saturated carbocycles. The minimum atomic E-state index is -0.471. The molecule has 0 aliphatic carbocycles. The molecule has 0 heterocycles. The van der Waals surface area contributed by atoms with Crippen LogP contribution in [0.4, 0.5) is 4.79 Å². The number of rotatable bonds is 7. The molecule has 0 rings (SSSR count). The molecule has 0 atom stereocenters. The summed E-state index contributed by atoms with van der Waals surface area (Å²) in [5, 5.41) is 9.04. The molecule has 1 amide bonds. The Morgan fingerprint density at radius 2 is 1.67 bits per heavy atom. The van der Waals surface area contributed by atoms with Crippen molar-refractivity contribution in [2.45, 2.75) is 32.8 Å². The zero-order valence-corrected chi connectivity index (χ0v) is 14.2. The molecule has 0 aromatic rings. The number of hydrogen-bond donors (Lipinski definition) is 3. The van der Waals surface area contributed by atoms with Crippen molar-refractivity contribution in [2.75, 3.05) is 47.3 Å². The van der Waals surface area contributed by atoms with Gasteiger partial charge in [-0.1, -0.05) is 0 Å². The molecular weight excluding hydrogens is 270 g/mol. The number of aliphatic imine (C=N–C) groups is 1. The highest BCUT2D eigenvalue weighted by atomic mass is 16.6. The van der Waals surface area contributed by atoms with Gasteiger partial charge in [0.05, 0.1) is 0 Å². The van der Waals surface area contributed by atoms with E-state index in [4.69, 9.17) is 4.74 Å². The van der Waals surface area contributed by atoms with E-state index >= 15 is 0 Å². The normalized spacial score (nSPS) is 12.2. The smallest absolute Gasteiger partial charge is 0.407 e. The van der Waals surface area contributed by atoms with Crippen LogP contribution in [-0.4, -0.2) is 69.9 Å². The van der Waals surface area contributed by atoms with Gasteiger partial charge in [-0.25, -0.2) is 4.79 Å². The Balaban J connectivity index is 3.71. The molecule has 124 valence electrons. The Kier molecular flexibility index (Phi) is 9.53. The molecule has 0 aromatic heterocycles. The fraction of sp³-hybridized carbons (Fsp3) is 0.857. The van der Waals surface area contributed by atoms with Gasteiger partial charge >= 0.3 is 6.09 Å². The maximum Gasteiger partial charge on any atom is 0.407 e. The molecule has 7 nitrogen and oxygen atoms in total. The minimum absolute atomic E-state index is 0.404. The van der Waals surface area contributed by atoms with Crippen LogP contribution in [0.5, 0.6) is 0 Å². The van der Waals surface area contributed by atoms with Crippen molar-refractivity contribution in [3.63, 3.8) is 0 Å². The van der Waals surface area contributed by atoms with Gasteiger partial charge in [-0.05, 0) is 47.8 Å². The van der Waals surface area contributed by atoms with Gasteiger partial charge in [0, 0.05) is 26.7 Å². The van der Waals surface area contributed by atoms with Crippen molar-refractivity contribution in [3.8, 4) is 0 Å². The molecular formula is C14H31N5O2. The van der Waals surface area contributed by atoms with Crippen LogP contribution < -0.4 is 16.0 Å². The van der Waals surface area contributed by atoms with E-state index in [9.17, 15) is 4.79 Å². The van der Waals surface area contributed by atoms with E-state index in [2.05, 4.69) is 39.9 Å². The number of carbonyl (C=O) groups is 1. The van der Waals surface area contributed by atoms with Gasteiger partial charge in [-0.15, -0.1) is 0 Å². The maximum atomic E-state index is 11.4. The molecule has 0 saturated heterocycles. The Hall–Kier alpha value is -1.50. The van der Waals surface area contributed by atoms with Gasteiger partial charge in [0.2, 0.25) is 0 Å². The summed E-state index contributed by atoms with van der Waals surface area (Å²) in [6.45, 7) is 8.47. The van der Waals surface area contributed by atoms with Crippen LogP contribution in [0.15, 0.2) is 4.99 Å². The Labute approximate surface area is 128 Å². The van der Waals surface area contributed by atoms with Crippen LogP contribution in [0, 0.1) is 0 Å². The minimum Gasteiger partial charge on any atom is -0.444 e. The molecule has 0 unspecified atom stereocenters. The summed E-state index contributed by atoms with van der Waals surface area (Å²) >= 11 is 0. The average Bonchev–Trinajstić information content (AvgIpc) is 2.34. The molecule has 7 heteroatoms. The molecule has 0 fully saturated rings. The van der Waals surface area contributed by atoms with Gasteiger partial charge in [-0.2, -0.15) is 0 Å². The van der Waals surface area contributed by atoms with Crippen molar-refractivity contribution in [1.82, 2.24) is 20.9 Å². The third kappa shape index (κ3) is 13.2. The number of amides is 1. The lowest BCUT2D eigenvalue weighted by Gasteiger charge is -2.20. The Morgan fingerprint density at radius 1 is 1.10 bits per heavy atom. The number of hydrogen-bond acceptors (Lipinski definition) is 4. The SMILES string of the molecule is CN=C(NCCCN(C)C)NCCNC(=O)OC(C)(C)C. The van der Waals surface area contributed by atoms with Gasteiger partial charge < -0.3 is 25.6 Å². The van der Waals surface area contributed by atoms with Gasteiger partial charge in [0.1, 0.15) is 5.60 Å². The topological polar surface area (TPSA) is 78.0 Å². The monoisotopic (exact) mass is 301 g/mol. The number of alkyl carbamates (subject to hydrolysis) is 1. The van der Waals surface area contributed by atoms with Crippen molar-refractivity contribution >= 4 is 12.1 Å². The zero-order chi connectivity index (χ0) is 16.3. The summed E-state index contributed by atoms with van der Waals surface area (Å²) in [6, 6.07) is 0. The van der Waals surface area contributed by atoms with Crippen LogP contribution in [-0.2, 0) is 4.74 Å². The molecule has 3 N–H and O–H groups in total. The van der Waals surface area contributed by atoms with E-state index in [0.29, 0.717) is 13.1 Å². The highest BCUT2D eigenvalue weighted by molar-refractivity contribution is 5.79. The first kappa shape index (κ1) is 19.5. The summed E-state index contributed by atoms with van der Waals surface area (Å²) in [5.74, 6) is 0.736. The number of guanidine groups is 1. The van der Waals surface area contributed by atoms with E-state index in [1.807, 2.05) is 20.8 Å². The van der Waals surface area contributed by atoms with Crippen LogP contribution >= 0.6 is 0 Å². The summed E-state index contributed by atoms with van der Waals surface area (Å²) in [7, 11) is 5.83. The van der Waals surface area contributed by atoms with E-state index in [-0.39, 0.29) is 0 Å². The van der Waals surface area contributed by atoms with Gasteiger partial charge in [-0.3, -0.25) is 4.99 Å². The van der Waals surface area contributed by atoms with E-state index in [1.54, 1.807) is 7.05 Å². The molecule has 0 bridgehead atoms. The lowest BCUT2D eigenvalue weighted by molar-refractivity contribution is 0.0529. The van der Waals surface area contributed by atoms with E-state index in [1.165, 1.54) is 0 Å². The van der Waals surface area contributed by atoms with E-state index < -0.39 is 11.7 Å². The average molecular weight is 301 g/mol. The second-order valence-electron chi connectivity index (χ2n) is 6.01. The predicted molar refractivity (Wildman–Crippen MR) is 86.8 cm³/mol. The zero-order valence-electron chi connectivity index (χ0n) is 14.2. The fourth-order valence-corrected chi connectivity index (χ4v) is 1.48. The first-order valence-corrected chi connectivity index (χ1v) is 7.30. The first-order valence-electron chi connectivity index (χ1n) is 7.30. The second kappa shape index (κ2) is 10.3. The van der Waals surface area contributed by atoms with Crippen molar-refractivity contribution in [3.05, 3.63) is 0 Å². The maximum absolute atomic E-state index is 11.4. The summed E-state index contributed by atoms with van der Waals surface area (Å²) < 4.78 is 5.14. The first-order chi connectivity index (χ1) is 9.74. The predicted octanol–water partition coefficient (Wildman–Crippen LogP) is 0.628.